The normalized spacial score (nSPS) is 12.9. The van der Waals surface area contributed by atoms with E-state index in [2.05, 4.69) is 10.5 Å². The number of ether oxygens (including phenoxy) is 1. The fourth-order valence-electron chi connectivity index (χ4n) is 2.26. The molecule has 0 bridgehead atoms. The van der Waals surface area contributed by atoms with Crippen LogP contribution in [0.4, 0.5) is 0 Å². The number of nitrogens with one attached hydrogen (secondary N) is 1. The minimum atomic E-state index is -0.797. The van der Waals surface area contributed by atoms with Crippen LogP contribution in [0.2, 0.25) is 0 Å². The van der Waals surface area contributed by atoms with Crippen molar-refractivity contribution in [3.8, 4) is 5.75 Å². The molecular weight excluding hydrogens is 284 g/mol. The Hall–Kier alpha value is -2.37. The quantitative estimate of drug-likeness (QED) is 0.437. The maximum absolute atomic E-state index is 11.6. The Balaban J connectivity index is 1.66. The zero-order chi connectivity index (χ0) is 15.8. The molecule has 0 saturated heterocycles. The zero-order valence-corrected chi connectivity index (χ0v) is 12.4. The van der Waals surface area contributed by atoms with Crippen molar-refractivity contribution in [3.05, 3.63) is 29.3 Å². The molecule has 1 heterocycles. The predicted molar refractivity (Wildman–Crippen MR) is 82.1 cm³/mol. The van der Waals surface area contributed by atoms with Gasteiger partial charge in [-0.25, -0.2) is 5.43 Å². The minimum Gasteiger partial charge on any atom is -0.493 e. The first-order chi connectivity index (χ1) is 10.6. The average Bonchev–Trinajstić information content (AvgIpc) is 2.94. The van der Waals surface area contributed by atoms with Gasteiger partial charge in [-0.05, 0) is 42.2 Å². The van der Waals surface area contributed by atoms with Crippen molar-refractivity contribution in [1.82, 2.24) is 5.43 Å². The molecule has 0 saturated carbocycles. The van der Waals surface area contributed by atoms with Crippen LogP contribution >= 0.6 is 0 Å². The number of amides is 1. The SMILES string of the molecule is O=C(O)CCCCCC(=O)N/N=C/c1ccc2c(c1)CCO2. The second kappa shape index (κ2) is 8.17. The van der Waals surface area contributed by atoms with Crippen LogP contribution in [-0.4, -0.2) is 29.8 Å². The summed E-state index contributed by atoms with van der Waals surface area (Å²) in [7, 11) is 0. The Morgan fingerprint density at radius 1 is 1.27 bits per heavy atom. The van der Waals surface area contributed by atoms with E-state index in [9.17, 15) is 9.59 Å². The maximum Gasteiger partial charge on any atom is 0.303 e. The Kier molecular flexibility index (Phi) is 5.94. The van der Waals surface area contributed by atoms with E-state index in [1.807, 2.05) is 18.2 Å². The number of carboxylic acids is 1. The largest absolute Gasteiger partial charge is 0.493 e. The number of carbonyl (C=O) groups excluding carboxylic acids is 1. The number of fused-ring (bicyclic) bond motifs is 1. The third-order valence-electron chi connectivity index (χ3n) is 3.41. The molecule has 118 valence electrons. The third kappa shape index (κ3) is 5.20. The highest BCUT2D eigenvalue weighted by Gasteiger charge is 2.11. The van der Waals surface area contributed by atoms with Crippen molar-refractivity contribution >= 4 is 18.1 Å². The van der Waals surface area contributed by atoms with Crippen LogP contribution in [0.15, 0.2) is 23.3 Å². The molecule has 6 heteroatoms. The van der Waals surface area contributed by atoms with Gasteiger partial charge in [0, 0.05) is 19.3 Å². The van der Waals surface area contributed by atoms with Crippen LogP contribution in [0.3, 0.4) is 0 Å². The summed E-state index contributed by atoms with van der Waals surface area (Å²) in [5, 5.41) is 12.4. The molecule has 1 aliphatic heterocycles. The summed E-state index contributed by atoms with van der Waals surface area (Å²) < 4.78 is 5.42. The van der Waals surface area contributed by atoms with Gasteiger partial charge in [0.1, 0.15) is 5.75 Å². The molecule has 0 spiro atoms. The van der Waals surface area contributed by atoms with Crippen molar-refractivity contribution in [2.45, 2.75) is 38.5 Å². The summed E-state index contributed by atoms with van der Waals surface area (Å²) in [5.74, 6) is -0.0348. The lowest BCUT2D eigenvalue weighted by Crippen LogP contribution is -2.16. The lowest BCUT2D eigenvalue weighted by Gasteiger charge is -2.01. The second-order valence-electron chi connectivity index (χ2n) is 5.21. The van der Waals surface area contributed by atoms with E-state index >= 15 is 0 Å². The number of unbranched alkanes of at least 4 members (excludes halogenated alkanes) is 2. The molecule has 0 aromatic heterocycles. The Labute approximate surface area is 129 Å². The monoisotopic (exact) mass is 304 g/mol. The third-order valence-corrected chi connectivity index (χ3v) is 3.41. The van der Waals surface area contributed by atoms with Gasteiger partial charge >= 0.3 is 5.97 Å². The molecule has 1 aromatic carbocycles. The van der Waals surface area contributed by atoms with Gasteiger partial charge in [0.05, 0.1) is 12.8 Å². The smallest absolute Gasteiger partial charge is 0.303 e. The summed E-state index contributed by atoms with van der Waals surface area (Å²) in [6.45, 7) is 0.717. The molecule has 0 unspecified atom stereocenters. The molecule has 1 aliphatic rings. The summed E-state index contributed by atoms with van der Waals surface area (Å²) in [6.07, 6.45) is 5.03. The number of aliphatic carboxylic acids is 1. The van der Waals surface area contributed by atoms with Crippen LogP contribution in [0.1, 0.15) is 43.2 Å². The van der Waals surface area contributed by atoms with Crippen LogP contribution in [-0.2, 0) is 16.0 Å². The van der Waals surface area contributed by atoms with E-state index in [1.54, 1.807) is 6.21 Å². The molecule has 0 atom stereocenters. The number of nitrogens with zero attached hydrogens (tertiary/aromatic N) is 1. The average molecular weight is 304 g/mol. The molecular formula is C16H20N2O4. The first kappa shape index (κ1) is 16.0. The number of hydrogen-bond acceptors (Lipinski definition) is 4. The lowest BCUT2D eigenvalue weighted by molar-refractivity contribution is -0.137. The molecule has 0 fully saturated rings. The highest BCUT2D eigenvalue weighted by molar-refractivity contribution is 5.83. The summed E-state index contributed by atoms with van der Waals surface area (Å²) in [4.78, 5) is 21.9. The predicted octanol–water partition coefficient (Wildman–Crippen LogP) is 2.11. The van der Waals surface area contributed by atoms with E-state index in [1.165, 1.54) is 0 Å². The van der Waals surface area contributed by atoms with E-state index in [0.29, 0.717) is 25.9 Å². The number of rotatable bonds is 8. The fraction of sp³-hybridized carbons (Fsp3) is 0.438. The van der Waals surface area contributed by atoms with E-state index in [0.717, 1.165) is 29.7 Å². The van der Waals surface area contributed by atoms with Crippen molar-refractivity contribution in [2.75, 3.05) is 6.61 Å². The Bertz CT molecular complexity index is 569. The van der Waals surface area contributed by atoms with Gasteiger partial charge in [-0.15, -0.1) is 0 Å². The lowest BCUT2D eigenvalue weighted by atomic mass is 10.1. The number of hydrogen-bond donors (Lipinski definition) is 2. The van der Waals surface area contributed by atoms with E-state index < -0.39 is 5.97 Å². The van der Waals surface area contributed by atoms with Gasteiger partial charge in [0.2, 0.25) is 5.91 Å². The van der Waals surface area contributed by atoms with Crippen LogP contribution in [0.5, 0.6) is 5.75 Å². The molecule has 0 radical (unpaired) electrons. The highest BCUT2D eigenvalue weighted by atomic mass is 16.5. The molecule has 1 amide bonds. The molecule has 2 rings (SSSR count). The molecule has 2 N–H and O–H groups in total. The Morgan fingerprint density at radius 3 is 2.91 bits per heavy atom. The van der Waals surface area contributed by atoms with Gasteiger partial charge < -0.3 is 9.84 Å². The molecule has 1 aromatic rings. The first-order valence-electron chi connectivity index (χ1n) is 7.44. The topological polar surface area (TPSA) is 88.0 Å². The highest BCUT2D eigenvalue weighted by Crippen LogP contribution is 2.25. The fourth-order valence-corrected chi connectivity index (χ4v) is 2.26. The van der Waals surface area contributed by atoms with Gasteiger partial charge in [-0.1, -0.05) is 6.42 Å². The number of carboxylic acid groups (broad SMARTS) is 1. The van der Waals surface area contributed by atoms with Gasteiger partial charge in [0.25, 0.3) is 0 Å². The van der Waals surface area contributed by atoms with Crippen LogP contribution < -0.4 is 10.2 Å². The Morgan fingerprint density at radius 2 is 2.09 bits per heavy atom. The van der Waals surface area contributed by atoms with Gasteiger partial charge in [0.15, 0.2) is 0 Å². The summed E-state index contributed by atoms with van der Waals surface area (Å²) in [6, 6.07) is 5.81. The standard InChI is InChI=1S/C16H20N2O4/c19-15(4-2-1-3-5-16(20)21)18-17-11-12-6-7-14-13(10-12)8-9-22-14/h6-7,10-11H,1-5,8-9H2,(H,18,19)(H,20,21)/b17-11+. The van der Waals surface area contributed by atoms with Gasteiger partial charge in [-0.3, -0.25) is 9.59 Å². The van der Waals surface area contributed by atoms with E-state index in [-0.39, 0.29) is 12.3 Å². The maximum atomic E-state index is 11.6. The minimum absolute atomic E-state index is 0.155. The number of carbonyl (C=O) groups is 2. The summed E-state index contributed by atoms with van der Waals surface area (Å²) in [5.41, 5.74) is 4.56. The van der Waals surface area contributed by atoms with Crippen molar-refractivity contribution in [3.63, 3.8) is 0 Å². The van der Waals surface area contributed by atoms with Crippen molar-refractivity contribution in [2.24, 2.45) is 5.10 Å². The number of hydrazone groups is 1. The second-order valence-corrected chi connectivity index (χ2v) is 5.21. The van der Waals surface area contributed by atoms with Crippen LogP contribution in [0, 0.1) is 0 Å². The van der Waals surface area contributed by atoms with Crippen LogP contribution in [0.25, 0.3) is 0 Å². The van der Waals surface area contributed by atoms with E-state index in [4.69, 9.17) is 9.84 Å². The molecule has 0 aliphatic carbocycles. The molecule has 22 heavy (non-hydrogen) atoms. The summed E-state index contributed by atoms with van der Waals surface area (Å²) >= 11 is 0. The first-order valence-corrected chi connectivity index (χ1v) is 7.44. The zero-order valence-electron chi connectivity index (χ0n) is 12.4. The van der Waals surface area contributed by atoms with Crippen molar-refractivity contribution < 1.29 is 19.4 Å². The van der Waals surface area contributed by atoms with Gasteiger partial charge in [-0.2, -0.15) is 5.10 Å². The number of benzene rings is 1. The van der Waals surface area contributed by atoms with Crippen molar-refractivity contribution in [1.29, 1.82) is 0 Å². The molecule has 6 nitrogen and oxygen atoms in total.